The Labute approximate surface area is 148 Å². The number of aryl methyl sites for hydroxylation is 1. The average Bonchev–Trinajstić information content (AvgIpc) is 3.02. The molecule has 24 heavy (non-hydrogen) atoms. The predicted molar refractivity (Wildman–Crippen MR) is 97.7 cm³/mol. The van der Waals surface area contributed by atoms with Crippen molar-refractivity contribution < 1.29 is 9.52 Å². The smallest absolute Gasteiger partial charge is 0.136 e. The summed E-state index contributed by atoms with van der Waals surface area (Å²) in [6.45, 7) is 6.18. The summed E-state index contributed by atoms with van der Waals surface area (Å²) in [6, 6.07) is 12.2. The van der Waals surface area contributed by atoms with Gasteiger partial charge in [-0.05, 0) is 63.1 Å². The molecule has 130 valence electrons. The molecule has 1 aliphatic rings. The molecule has 1 aromatic heterocycles. The van der Waals surface area contributed by atoms with Gasteiger partial charge in [0.05, 0.1) is 0 Å². The molecule has 1 aromatic carbocycles. The van der Waals surface area contributed by atoms with Gasteiger partial charge in [-0.15, -0.1) is 0 Å². The number of furan rings is 1. The third kappa shape index (κ3) is 4.12. The molecule has 1 atom stereocenters. The molecule has 0 spiro atoms. The zero-order chi connectivity index (χ0) is 17.2. The van der Waals surface area contributed by atoms with E-state index in [-0.39, 0.29) is 0 Å². The molecular formula is C19H25ClN2O2. The number of piperidine rings is 1. The lowest BCUT2D eigenvalue weighted by molar-refractivity contribution is 0.0300. The second-order valence-electron chi connectivity index (χ2n) is 6.80. The number of rotatable bonds is 5. The lowest BCUT2D eigenvalue weighted by Gasteiger charge is -2.35. The topological polar surface area (TPSA) is 48.6 Å². The molecule has 1 unspecified atom stereocenters. The minimum absolute atomic E-state index is 0.413. The first-order chi connectivity index (χ1) is 11.4. The van der Waals surface area contributed by atoms with Crippen LogP contribution in [0, 0.1) is 6.92 Å². The summed E-state index contributed by atoms with van der Waals surface area (Å²) in [5.41, 5.74) is 0.234. The van der Waals surface area contributed by atoms with Crippen molar-refractivity contribution in [3.8, 4) is 0 Å². The average molecular weight is 349 g/mol. The maximum absolute atomic E-state index is 10.6. The molecule has 3 rings (SSSR count). The van der Waals surface area contributed by atoms with E-state index < -0.39 is 5.60 Å². The molecule has 2 N–H and O–H groups in total. The van der Waals surface area contributed by atoms with Crippen molar-refractivity contribution in [3.63, 3.8) is 0 Å². The molecule has 1 aliphatic heterocycles. The Morgan fingerprint density at radius 3 is 2.46 bits per heavy atom. The fourth-order valence-corrected chi connectivity index (χ4v) is 3.27. The van der Waals surface area contributed by atoms with Crippen LogP contribution in [0.4, 0.5) is 5.69 Å². The van der Waals surface area contributed by atoms with E-state index in [1.54, 1.807) is 6.92 Å². The molecule has 0 bridgehead atoms. The number of halogens is 1. The zero-order valence-electron chi connectivity index (χ0n) is 14.3. The van der Waals surface area contributed by atoms with Crippen LogP contribution in [0.5, 0.6) is 0 Å². The van der Waals surface area contributed by atoms with E-state index in [9.17, 15) is 5.11 Å². The SMILES string of the molecule is Cc1ccc(C(C)(O)CNC2CCN(c3ccc(Cl)cc3)CC2)o1. The quantitative estimate of drug-likeness (QED) is 0.864. The minimum Gasteiger partial charge on any atom is -0.463 e. The second-order valence-corrected chi connectivity index (χ2v) is 7.24. The highest BCUT2D eigenvalue weighted by Crippen LogP contribution is 2.24. The van der Waals surface area contributed by atoms with Crippen LogP contribution in [-0.2, 0) is 5.60 Å². The van der Waals surface area contributed by atoms with Gasteiger partial charge in [0.1, 0.15) is 17.1 Å². The Kier molecular flexibility index (Phi) is 5.18. The van der Waals surface area contributed by atoms with Crippen LogP contribution in [0.15, 0.2) is 40.8 Å². The van der Waals surface area contributed by atoms with Crippen molar-refractivity contribution in [1.29, 1.82) is 0 Å². The summed E-state index contributed by atoms with van der Waals surface area (Å²) in [5.74, 6) is 1.44. The van der Waals surface area contributed by atoms with Gasteiger partial charge in [-0.1, -0.05) is 11.6 Å². The third-order valence-electron chi connectivity index (χ3n) is 4.69. The summed E-state index contributed by atoms with van der Waals surface area (Å²) in [5, 5.41) is 14.9. The Morgan fingerprint density at radius 1 is 1.21 bits per heavy atom. The Hall–Kier alpha value is -1.49. The lowest BCUT2D eigenvalue weighted by Crippen LogP contribution is -2.46. The summed E-state index contributed by atoms with van der Waals surface area (Å²) in [4.78, 5) is 2.38. The lowest BCUT2D eigenvalue weighted by atomic mass is 10.00. The van der Waals surface area contributed by atoms with Crippen LogP contribution in [0.2, 0.25) is 5.02 Å². The van der Waals surface area contributed by atoms with Crippen molar-refractivity contribution in [2.75, 3.05) is 24.5 Å². The van der Waals surface area contributed by atoms with Crippen LogP contribution in [0.25, 0.3) is 0 Å². The van der Waals surface area contributed by atoms with Gasteiger partial charge >= 0.3 is 0 Å². The summed E-state index contributed by atoms with van der Waals surface area (Å²) >= 11 is 5.95. The van der Waals surface area contributed by atoms with Crippen molar-refractivity contribution in [2.24, 2.45) is 0 Å². The number of hydrogen-bond acceptors (Lipinski definition) is 4. The van der Waals surface area contributed by atoms with E-state index in [2.05, 4.69) is 22.3 Å². The van der Waals surface area contributed by atoms with E-state index in [1.165, 1.54) is 5.69 Å². The number of nitrogens with zero attached hydrogens (tertiary/aromatic N) is 1. The molecule has 2 heterocycles. The van der Waals surface area contributed by atoms with E-state index in [4.69, 9.17) is 16.0 Å². The van der Waals surface area contributed by atoms with Gasteiger partial charge in [0, 0.05) is 36.4 Å². The zero-order valence-corrected chi connectivity index (χ0v) is 15.0. The number of aliphatic hydroxyl groups is 1. The fourth-order valence-electron chi connectivity index (χ4n) is 3.15. The van der Waals surface area contributed by atoms with Gasteiger partial charge in [-0.2, -0.15) is 0 Å². The Balaban J connectivity index is 1.49. The molecule has 1 fully saturated rings. The van der Waals surface area contributed by atoms with Gasteiger partial charge in [-0.25, -0.2) is 0 Å². The first-order valence-corrected chi connectivity index (χ1v) is 8.85. The van der Waals surface area contributed by atoms with E-state index in [0.717, 1.165) is 36.7 Å². The van der Waals surface area contributed by atoms with Crippen molar-refractivity contribution in [1.82, 2.24) is 5.32 Å². The number of hydrogen-bond donors (Lipinski definition) is 2. The van der Waals surface area contributed by atoms with Gasteiger partial charge in [-0.3, -0.25) is 0 Å². The van der Waals surface area contributed by atoms with Gasteiger partial charge in [0.15, 0.2) is 0 Å². The molecule has 1 saturated heterocycles. The molecule has 0 saturated carbocycles. The molecule has 2 aromatic rings. The highest BCUT2D eigenvalue weighted by molar-refractivity contribution is 6.30. The summed E-state index contributed by atoms with van der Waals surface area (Å²) in [7, 11) is 0. The molecular weight excluding hydrogens is 324 g/mol. The summed E-state index contributed by atoms with van der Waals surface area (Å²) in [6.07, 6.45) is 2.10. The van der Waals surface area contributed by atoms with Gasteiger partial charge < -0.3 is 19.7 Å². The van der Waals surface area contributed by atoms with Crippen molar-refractivity contribution >= 4 is 17.3 Å². The van der Waals surface area contributed by atoms with Crippen LogP contribution in [0.1, 0.15) is 31.3 Å². The van der Waals surface area contributed by atoms with Crippen LogP contribution in [0.3, 0.4) is 0 Å². The first-order valence-electron chi connectivity index (χ1n) is 8.47. The standard InChI is InChI=1S/C19H25ClN2O2/c1-14-3-8-18(24-14)19(2,23)13-21-16-9-11-22(12-10-16)17-6-4-15(20)5-7-17/h3-8,16,21,23H,9-13H2,1-2H3. The molecule has 0 radical (unpaired) electrons. The van der Waals surface area contributed by atoms with Crippen LogP contribution in [-0.4, -0.2) is 30.8 Å². The third-order valence-corrected chi connectivity index (χ3v) is 4.94. The predicted octanol–water partition coefficient (Wildman–Crippen LogP) is 3.71. The summed E-state index contributed by atoms with van der Waals surface area (Å²) < 4.78 is 5.56. The minimum atomic E-state index is -0.985. The Morgan fingerprint density at radius 2 is 1.88 bits per heavy atom. The molecule has 4 nitrogen and oxygen atoms in total. The monoisotopic (exact) mass is 348 g/mol. The number of nitrogens with one attached hydrogen (secondary N) is 1. The number of benzene rings is 1. The van der Waals surface area contributed by atoms with Gasteiger partial charge in [0.2, 0.25) is 0 Å². The van der Waals surface area contributed by atoms with E-state index in [1.807, 2.05) is 31.2 Å². The molecule has 0 aliphatic carbocycles. The van der Waals surface area contributed by atoms with E-state index >= 15 is 0 Å². The number of anilines is 1. The van der Waals surface area contributed by atoms with Crippen LogP contribution >= 0.6 is 11.6 Å². The fraction of sp³-hybridized carbons (Fsp3) is 0.474. The van der Waals surface area contributed by atoms with Gasteiger partial charge in [0.25, 0.3) is 0 Å². The highest BCUT2D eigenvalue weighted by Gasteiger charge is 2.28. The highest BCUT2D eigenvalue weighted by atomic mass is 35.5. The van der Waals surface area contributed by atoms with Crippen LogP contribution < -0.4 is 10.2 Å². The normalized spacial score (nSPS) is 18.6. The first kappa shape index (κ1) is 17.3. The van der Waals surface area contributed by atoms with Crippen molar-refractivity contribution in [2.45, 2.75) is 38.3 Å². The molecule has 0 amide bonds. The second kappa shape index (κ2) is 7.18. The van der Waals surface area contributed by atoms with E-state index in [0.29, 0.717) is 18.3 Å². The maximum atomic E-state index is 10.6. The largest absolute Gasteiger partial charge is 0.463 e. The Bertz CT molecular complexity index is 658. The molecule has 5 heteroatoms. The van der Waals surface area contributed by atoms with Crippen molar-refractivity contribution in [3.05, 3.63) is 52.9 Å². The maximum Gasteiger partial charge on any atom is 0.136 e.